The maximum atomic E-state index is 11.9. The van der Waals surface area contributed by atoms with Gasteiger partial charge in [0.15, 0.2) is 0 Å². The molecule has 0 fully saturated rings. The Morgan fingerprint density at radius 1 is 0.958 bits per heavy atom. The van der Waals surface area contributed by atoms with Gasteiger partial charge in [-0.1, -0.05) is 0 Å². The summed E-state index contributed by atoms with van der Waals surface area (Å²) in [6, 6.07) is 10.4. The van der Waals surface area contributed by atoms with Crippen LogP contribution in [0.1, 0.15) is 32.8 Å². The molecule has 0 radical (unpaired) electrons. The molecular weight excluding hydrogens is 306 g/mol. The first-order valence-corrected chi connectivity index (χ1v) is 7.73. The molecule has 0 aliphatic carbocycles. The highest BCUT2D eigenvalue weighted by Crippen LogP contribution is 2.10. The Kier molecular flexibility index (Phi) is 6.31. The van der Waals surface area contributed by atoms with Gasteiger partial charge in [-0.25, -0.2) is 0 Å². The SMILES string of the molecule is COc1ccc(C(=O)NCCCNC(=O)c2ccc(C)nc2)cc1. The topological polar surface area (TPSA) is 80.3 Å². The molecule has 2 amide bonds. The number of aromatic nitrogens is 1. The van der Waals surface area contributed by atoms with Crippen molar-refractivity contribution in [2.75, 3.05) is 20.2 Å². The van der Waals surface area contributed by atoms with Gasteiger partial charge in [0.05, 0.1) is 12.7 Å². The number of carbonyl (C=O) groups is 2. The smallest absolute Gasteiger partial charge is 0.252 e. The van der Waals surface area contributed by atoms with Crippen LogP contribution in [0.25, 0.3) is 0 Å². The van der Waals surface area contributed by atoms with Gasteiger partial charge in [-0.15, -0.1) is 0 Å². The molecule has 126 valence electrons. The van der Waals surface area contributed by atoms with Crippen molar-refractivity contribution in [1.82, 2.24) is 15.6 Å². The predicted octanol–water partition coefficient (Wildman–Crippen LogP) is 1.95. The second kappa shape index (κ2) is 8.67. The lowest BCUT2D eigenvalue weighted by Crippen LogP contribution is -2.29. The summed E-state index contributed by atoms with van der Waals surface area (Å²) < 4.78 is 5.05. The predicted molar refractivity (Wildman–Crippen MR) is 91.3 cm³/mol. The van der Waals surface area contributed by atoms with E-state index < -0.39 is 0 Å². The molecule has 2 N–H and O–H groups in total. The summed E-state index contributed by atoms with van der Waals surface area (Å²) in [7, 11) is 1.58. The quantitative estimate of drug-likeness (QED) is 0.762. The van der Waals surface area contributed by atoms with Gasteiger partial charge in [-0.2, -0.15) is 0 Å². The zero-order chi connectivity index (χ0) is 17.4. The third-order valence-electron chi connectivity index (χ3n) is 3.45. The van der Waals surface area contributed by atoms with Crippen LogP contribution in [0.15, 0.2) is 42.6 Å². The van der Waals surface area contributed by atoms with E-state index in [1.807, 2.05) is 6.92 Å². The van der Waals surface area contributed by atoms with Gasteiger partial charge in [0.25, 0.3) is 11.8 Å². The number of hydrogen-bond donors (Lipinski definition) is 2. The first-order valence-electron chi connectivity index (χ1n) is 7.73. The molecule has 6 heteroatoms. The van der Waals surface area contributed by atoms with Gasteiger partial charge >= 0.3 is 0 Å². The molecule has 1 aromatic carbocycles. The van der Waals surface area contributed by atoms with Crippen LogP contribution in [0.5, 0.6) is 5.75 Å². The summed E-state index contributed by atoms with van der Waals surface area (Å²) in [6.07, 6.45) is 2.20. The Labute approximate surface area is 141 Å². The maximum absolute atomic E-state index is 11.9. The zero-order valence-electron chi connectivity index (χ0n) is 13.8. The van der Waals surface area contributed by atoms with Crippen molar-refractivity contribution in [2.24, 2.45) is 0 Å². The van der Waals surface area contributed by atoms with E-state index in [-0.39, 0.29) is 11.8 Å². The van der Waals surface area contributed by atoms with Crippen LogP contribution in [0.3, 0.4) is 0 Å². The Hall–Kier alpha value is -2.89. The van der Waals surface area contributed by atoms with Crippen LogP contribution in [-0.2, 0) is 0 Å². The van der Waals surface area contributed by atoms with Crippen LogP contribution in [0.4, 0.5) is 0 Å². The van der Waals surface area contributed by atoms with Crippen molar-refractivity contribution in [3.8, 4) is 5.75 Å². The van der Waals surface area contributed by atoms with E-state index in [4.69, 9.17) is 4.74 Å². The molecule has 1 aromatic heterocycles. The van der Waals surface area contributed by atoms with E-state index >= 15 is 0 Å². The molecule has 1 heterocycles. The number of nitrogens with zero attached hydrogens (tertiary/aromatic N) is 1. The molecular formula is C18H21N3O3. The second-order valence-electron chi connectivity index (χ2n) is 5.28. The molecule has 2 aromatic rings. The number of aryl methyl sites for hydroxylation is 1. The minimum atomic E-state index is -0.163. The van der Waals surface area contributed by atoms with E-state index in [0.29, 0.717) is 36.4 Å². The van der Waals surface area contributed by atoms with Crippen molar-refractivity contribution >= 4 is 11.8 Å². The van der Waals surface area contributed by atoms with Crippen LogP contribution < -0.4 is 15.4 Å². The summed E-state index contributed by atoms with van der Waals surface area (Å²) >= 11 is 0. The average molecular weight is 327 g/mol. The van der Waals surface area contributed by atoms with Crippen LogP contribution >= 0.6 is 0 Å². The first kappa shape index (κ1) is 17.5. The number of benzene rings is 1. The fraction of sp³-hybridized carbons (Fsp3) is 0.278. The molecule has 6 nitrogen and oxygen atoms in total. The Morgan fingerprint density at radius 2 is 1.54 bits per heavy atom. The number of ether oxygens (including phenoxy) is 1. The van der Waals surface area contributed by atoms with Gasteiger partial charge in [0.1, 0.15) is 5.75 Å². The van der Waals surface area contributed by atoms with Gasteiger partial charge in [0, 0.05) is 30.5 Å². The summed E-state index contributed by atoms with van der Waals surface area (Å²) in [4.78, 5) is 27.9. The zero-order valence-corrected chi connectivity index (χ0v) is 13.8. The number of pyridine rings is 1. The Morgan fingerprint density at radius 3 is 2.08 bits per heavy atom. The van der Waals surface area contributed by atoms with Gasteiger partial charge < -0.3 is 15.4 Å². The van der Waals surface area contributed by atoms with Crippen LogP contribution in [-0.4, -0.2) is 37.0 Å². The van der Waals surface area contributed by atoms with Crippen molar-refractivity contribution in [3.63, 3.8) is 0 Å². The molecule has 0 aliphatic rings. The molecule has 0 saturated heterocycles. The maximum Gasteiger partial charge on any atom is 0.252 e. The van der Waals surface area contributed by atoms with Crippen LogP contribution in [0, 0.1) is 6.92 Å². The van der Waals surface area contributed by atoms with Crippen molar-refractivity contribution in [3.05, 3.63) is 59.4 Å². The van der Waals surface area contributed by atoms with E-state index in [0.717, 1.165) is 5.69 Å². The summed E-state index contributed by atoms with van der Waals surface area (Å²) in [5, 5.41) is 5.61. The number of carbonyl (C=O) groups excluding carboxylic acids is 2. The molecule has 2 rings (SSSR count). The molecule has 0 saturated carbocycles. The second-order valence-corrected chi connectivity index (χ2v) is 5.28. The number of methoxy groups -OCH3 is 1. The number of amides is 2. The third kappa shape index (κ3) is 5.08. The van der Waals surface area contributed by atoms with E-state index in [9.17, 15) is 9.59 Å². The monoisotopic (exact) mass is 327 g/mol. The fourth-order valence-corrected chi connectivity index (χ4v) is 2.04. The van der Waals surface area contributed by atoms with Crippen molar-refractivity contribution in [2.45, 2.75) is 13.3 Å². The van der Waals surface area contributed by atoms with Gasteiger partial charge in [0.2, 0.25) is 0 Å². The normalized spacial score (nSPS) is 10.1. The highest BCUT2D eigenvalue weighted by Gasteiger charge is 2.06. The van der Waals surface area contributed by atoms with E-state index in [1.165, 1.54) is 0 Å². The Balaban J connectivity index is 1.67. The lowest BCUT2D eigenvalue weighted by atomic mass is 10.2. The standard InChI is InChI=1S/C18H21N3O3/c1-13-4-5-15(12-21-13)18(23)20-11-3-10-19-17(22)14-6-8-16(24-2)9-7-14/h4-9,12H,3,10-11H2,1-2H3,(H,19,22)(H,20,23). The molecule has 0 atom stereocenters. The fourth-order valence-electron chi connectivity index (χ4n) is 2.04. The number of hydrogen-bond acceptors (Lipinski definition) is 4. The molecule has 0 unspecified atom stereocenters. The summed E-state index contributed by atoms with van der Waals surface area (Å²) in [5.41, 5.74) is 1.97. The van der Waals surface area contributed by atoms with E-state index in [1.54, 1.807) is 49.7 Å². The Bertz CT molecular complexity index is 682. The lowest BCUT2D eigenvalue weighted by Gasteiger charge is -2.07. The first-order chi connectivity index (χ1) is 11.6. The molecule has 24 heavy (non-hydrogen) atoms. The molecule has 0 aliphatic heterocycles. The average Bonchev–Trinajstić information content (AvgIpc) is 2.61. The highest BCUT2D eigenvalue weighted by molar-refractivity contribution is 5.94. The van der Waals surface area contributed by atoms with Crippen molar-refractivity contribution < 1.29 is 14.3 Å². The third-order valence-corrected chi connectivity index (χ3v) is 3.45. The summed E-state index contributed by atoms with van der Waals surface area (Å²) in [6.45, 7) is 2.83. The minimum Gasteiger partial charge on any atom is -0.497 e. The highest BCUT2D eigenvalue weighted by atomic mass is 16.5. The number of nitrogens with one attached hydrogen (secondary N) is 2. The van der Waals surface area contributed by atoms with Gasteiger partial charge in [-0.05, 0) is 49.7 Å². The molecule has 0 bridgehead atoms. The molecule has 0 spiro atoms. The largest absolute Gasteiger partial charge is 0.497 e. The summed E-state index contributed by atoms with van der Waals surface area (Å²) in [5.74, 6) is 0.399. The van der Waals surface area contributed by atoms with E-state index in [2.05, 4.69) is 15.6 Å². The van der Waals surface area contributed by atoms with Gasteiger partial charge in [-0.3, -0.25) is 14.6 Å². The lowest BCUT2D eigenvalue weighted by molar-refractivity contribution is 0.0951. The number of rotatable bonds is 7. The minimum absolute atomic E-state index is 0.147. The van der Waals surface area contributed by atoms with Crippen LogP contribution in [0.2, 0.25) is 0 Å². The van der Waals surface area contributed by atoms with Crippen molar-refractivity contribution in [1.29, 1.82) is 0 Å².